The minimum absolute atomic E-state index is 0.142. The number of fused-ring (bicyclic) bond motifs is 1. The zero-order valence-electron chi connectivity index (χ0n) is 11.0. The van der Waals surface area contributed by atoms with Gasteiger partial charge in [-0.3, -0.25) is 4.79 Å². The van der Waals surface area contributed by atoms with Crippen LogP contribution in [0.5, 0.6) is 11.5 Å². The number of benzene rings is 1. The molecule has 0 radical (unpaired) electrons. The van der Waals surface area contributed by atoms with Gasteiger partial charge in [0.1, 0.15) is 0 Å². The predicted molar refractivity (Wildman–Crippen MR) is 73.1 cm³/mol. The van der Waals surface area contributed by atoms with Gasteiger partial charge in [-0.25, -0.2) is 0 Å². The van der Waals surface area contributed by atoms with E-state index in [0.29, 0.717) is 28.6 Å². The molecule has 0 saturated heterocycles. The Morgan fingerprint density at radius 3 is 2.95 bits per heavy atom. The molecule has 1 aromatic rings. The van der Waals surface area contributed by atoms with Gasteiger partial charge in [-0.05, 0) is 39.2 Å². The summed E-state index contributed by atoms with van der Waals surface area (Å²) in [5.74, 6) is 0.871. The lowest BCUT2D eigenvalue weighted by molar-refractivity contribution is 0.0952. The van der Waals surface area contributed by atoms with E-state index in [2.05, 4.69) is 10.2 Å². The van der Waals surface area contributed by atoms with Crippen LogP contribution in [0.15, 0.2) is 12.1 Å². The fourth-order valence-electron chi connectivity index (χ4n) is 1.80. The summed E-state index contributed by atoms with van der Waals surface area (Å²) in [4.78, 5) is 14.0. The summed E-state index contributed by atoms with van der Waals surface area (Å²) >= 11 is 6.03. The van der Waals surface area contributed by atoms with E-state index in [1.807, 2.05) is 14.1 Å². The molecule has 0 saturated carbocycles. The largest absolute Gasteiger partial charge is 0.454 e. The van der Waals surface area contributed by atoms with Crippen LogP contribution in [0.1, 0.15) is 16.8 Å². The third-order valence-electron chi connectivity index (χ3n) is 2.76. The molecular weight excluding hydrogens is 268 g/mol. The Bertz CT molecular complexity index is 477. The van der Waals surface area contributed by atoms with Crippen LogP contribution in [0, 0.1) is 0 Å². The maximum atomic E-state index is 12.0. The van der Waals surface area contributed by atoms with Gasteiger partial charge < -0.3 is 19.7 Å². The Morgan fingerprint density at radius 1 is 1.42 bits per heavy atom. The zero-order chi connectivity index (χ0) is 13.8. The molecule has 5 nitrogen and oxygen atoms in total. The molecule has 2 rings (SSSR count). The lowest BCUT2D eigenvalue weighted by Crippen LogP contribution is -2.27. The normalized spacial score (nSPS) is 12.8. The summed E-state index contributed by atoms with van der Waals surface area (Å²) in [7, 11) is 4.00. The number of carbonyl (C=O) groups excluding carboxylic acids is 1. The van der Waals surface area contributed by atoms with Crippen molar-refractivity contribution in [3.63, 3.8) is 0 Å². The molecule has 1 heterocycles. The van der Waals surface area contributed by atoms with Gasteiger partial charge in [-0.15, -0.1) is 0 Å². The minimum atomic E-state index is -0.154. The molecule has 0 aliphatic carbocycles. The van der Waals surface area contributed by atoms with E-state index in [0.717, 1.165) is 13.0 Å². The maximum absolute atomic E-state index is 12.0. The van der Waals surface area contributed by atoms with E-state index < -0.39 is 0 Å². The Balaban J connectivity index is 1.94. The molecule has 0 aromatic heterocycles. The predicted octanol–water partition coefficient (Wildman–Crippen LogP) is 1.75. The van der Waals surface area contributed by atoms with Crippen molar-refractivity contribution < 1.29 is 14.3 Å². The zero-order valence-corrected chi connectivity index (χ0v) is 11.8. The van der Waals surface area contributed by atoms with Crippen LogP contribution in [-0.4, -0.2) is 44.8 Å². The van der Waals surface area contributed by atoms with Crippen LogP contribution < -0.4 is 14.8 Å². The van der Waals surface area contributed by atoms with Gasteiger partial charge in [0.05, 0.1) is 5.02 Å². The lowest BCUT2D eigenvalue weighted by Gasteiger charge is -2.10. The molecule has 1 aliphatic rings. The van der Waals surface area contributed by atoms with E-state index in [9.17, 15) is 4.79 Å². The average molecular weight is 285 g/mol. The second-order valence-corrected chi connectivity index (χ2v) is 5.01. The number of hydrogen-bond donors (Lipinski definition) is 1. The van der Waals surface area contributed by atoms with Gasteiger partial charge >= 0.3 is 0 Å². The van der Waals surface area contributed by atoms with Crippen molar-refractivity contribution in [3.05, 3.63) is 22.7 Å². The molecular formula is C13H17ClN2O3. The number of nitrogens with one attached hydrogen (secondary N) is 1. The van der Waals surface area contributed by atoms with Crippen molar-refractivity contribution >= 4 is 17.5 Å². The molecule has 19 heavy (non-hydrogen) atoms. The van der Waals surface area contributed by atoms with Gasteiger partial charge in [0.2, 0.25) is 6.79 Å². The minimum Gasteiger partial charge on any atom is -0.454 e. The van der Waals surface area contributed by atoms with Crippen molar-refractivity contribution in [2.75, 3.05) is 34.0 Å². The first kappa shape index (κ1) is 14.0. The van der Waals surface area contributed by atoms with Crippen LogP contribution in [0.4, 0.5) is 0 Å². The SMILES string of the molecule is CN(C)CCCNC(=O)c1cc(Cl)c2c(c1)OCO2. The molecule has 1 amide bonds. The van der Waals surface area contributed by atoms with Crippen molar-refractivity contribution in [3.8, 4) is 11.5 Å². The first-order chi connectivity index (χ1) is 9.08. The number of rotatable bonds is 5. The summed E-state index contributed by atoms with van der Waals surface area (Å²) in [6.07, 6.45) is 0.900. The summed E-state index contributed by atoms with van der Waals surface area (Å²) < 4.78 is 10.4. The standard InChI is InChI=1S/C13H17ClN2O3/c1-16(2)5-3-4-15-13(17)9-6-10(14)12-11(7-9)18-8-19-12/h6-7H,3-5,8H2,1-2H3,(H,15,17). The Hall–Kier alpha value is -1.46. The second kappa shape index (κ2) is 6.12. The van der Waals surface area contributed by atoms with Crippen molar-refractivity contribution in [2.24, 2.45) is 0 Å². The Morgan fingerprint density at radius 2 is 2.21 bits per heavy atom. The van der Waals surface area contributed by atoms with Crippen LogP contribution in [0.25, 0.3) is 0 Å². The topological polar surface area (TPSA) is 50.8 Å². The van der Waals surface area contributed by atoms with Crippen LogP contribution in [-0.2, 0) is 0 Å². The highest BCUT2D eigenvalue weighted by Gasteiger charge is 2.20. The highest BCUT2D eigenvalue weighted by molar-refractivity contribution is 6.32. The summed E-state index contributed by atoms with van der Waals surface area (Å²) in [5, 5.41) is 3.25. The number of carbonyl (C=O) groups is 1. The van der Waals surface area contributed by atoms with Crippen molar-refractivity contribution in [2.45, 2.75) is 6.42 Å². The molecule has 1 aliphatic heterocycles. The van der Waals surface area contributed by atoms with E-state index in [4.69, 9.17) is 21.1 Å². The number of halogens is 1. The van der Waals surface area contributed by atoms with Crippen molar-refractivity contribution in [1.29, 1.82) is 0 Å². The molecule has 0 spiro atoms. The highest BCUT2D eigenvalue weighted by Crippen LogP contribution is 2.39. The van der Waals surface area contributed by atoms with E-state index >= 15 is 0 Å². The van der Waals surface area contributed by atoms with Crippen molar-refractivity contribution in [1.82, 2.24) is 10.2 Å². The number of ether oxygens (including phenoxy) is 2. The molecule has 0 unspecified atom stereocenters. The van der Waals surface area contributed by atoms with Gasteiger partial charge in [0.15, 0.2) is 11.5 Å². The quantitative estimate of drug-likeness (QED) is 0.837. The Labute approximate surface area is 117 Å². The Kier molecular flexibility index (Phi) is 4.50. The third-order valence-corrected chi connectivity index (χ3v) is 3.04. The summed E-state index contributed by atoms with van der Waals surface area (Å²) in [6.45, 7) is 1.70. The molecule has 0 atom stereocenters. The molecule has 1 N–H and O–H groups in total. The fourth-order valence-corrected chi connectivity index (χ4v) is 2.06. The first-order valence-corrected chi connectivity index (χ1v) is 6.48. The van der Waals surface area contributed by atoms with E-state index in [-0.39, 0.29) is 12.7 Å². The highest BCUT2D eigenvalue weighted by atomic mass is 35.5. The fraction of sp³-hybridized carbons (Fsp3) is 0.462. The van der Waals surface area contributed by atoms with Gasteiger partial charge in [-0.2, -0.15) is 0 Å². The number of amides is 1. The molecule has 104 valence electrons. The van der Waals surface area contributed by atoms with E-state index in [1.54, 1.807) is 12.1 Å². The number of hydrogen-bond acceptors (Lipinski definition) is 4. The van der Waals surface area contributed by atoms with E-state index in [1.165, 1.54) is 0 Å². The lowest BCUT2D eigenvalue weighted by atomic mass is 10.2. The first-order valence-electron chi connectivity index (χ1n) is 6.10. The van der Waals surface area contributed by atoms with Gasteiger partial charge in [-0.1, -0.05) is 11.6 Å². The van der Waals surface area contributed by atoms with Gasteiger partial charge in [0.25, 0.3) is 5.91 Å². The maximum Gasteiger partial charge on any atom is 0.251 e. The molecule has 6 heteroatoms. The smallest absolute Gasteiger partial charge is 0.251 e. The summed E-state index contributed by atoms with van der Waals surface area (Å²) in [5.41, 5.74) is 0.485. The van der Waals surface area contributed by atoms with Crippen LogP contribution >= 0.6 is 11.6 Å². The summed E-state index contributed by atoms with van der Waals surface area (Å²) in [6, 6.07) is 3.24. The van der Waals surface area contributed by atoms with Crippen LogP contribution in [0.3, 0.4) is 0 Å². The van der Waals surface area contributed by atoms with Crippen LogP contribution in [0.2, 0.25) is 5.02 Å². The monoisotopic (exact) mass is 284 g/mol. The number of nitrogens with zero attached hydrogens (tertiary/aromatic N) is 1. The molecule has 0 bridgehead atoms. The van der Waals surface area contributed by atoms with Gasteiger partial charge in [0, 0.05) is 12.1 Å². The third kappa shape index (κ3) is 3.52. The molecule has 1 aromatic carbocycles. The molecule has 0 fully saturated rings. The second-order valence-electron chi connectivity index (χ2n) is 4.60. The average Bonchev–Trinajstić information content (AvgIpc) is 2.82.